The lowest BCUT2D eigenvalue weighted by atomic mass is 9.84. The molecule has 0 aliphatic rings. The summed E-state index contributed by atoms with van der Waals surface area (Å²) >= 11 is 23.8. The summed E-state index contributed by atoms with van der Waals surface area (Å²) in [6.45, 7) is 3.50. The van der Waals surface area contributed by atoms with Crippen molar-refractivity contribution in [2.75, 3.05) is 5.88 Å². The van der Waals surface area contributed by atoms with Crippen LogP contribution in [0.4, 0.5) is 0 Å². The molecule has 0 aliphatic carbocycles. The molecule has 0 spiro atoms. The van der Waals surface area contributed by atoms with Crippen LogP contribution >= 0.6 is 46.4 Å². The van der Waals surface area contributed by atoms with Crippen LogP contribution < -0.4 is 0 Å². The number of carbonyl (C=O) groups excluding carboxylic acids is 1. The molecular weight excluding hydrogens is 326 g/mol. The fourth-order valence-electron chi connectivity index (χ4n) is 1.37. The average Bonchev–Trinajstić information content (AvgIpc) is 2.38. The van der Waals surface area contributed by atoms with E-state index >= 15 is 0 Å². The Morgan fingerprint density at radius 1 is 1.32 bits per heavy atom. The summed E-state index contributed by atoms with van der Waals surface area (Å²) < 4.78 is 0. The van der Waals surface area contributed by atoms with Gasteiger partial charge in [0, 0.05) is 15.5 Å². The number of allylic oxidation sites excluding steroid dienone is 1. The van der Waals surface area contributed by atoms with Gasteiger partial charge >= 0.3 is 0 Å². The van der Waals surface area contributed by atoms with Crippen LogP contribution in [0.5, 0.6) is 0 Å². The smallest absolute Gasteiger partial charge is 0.154 e. The molecule has 104 valence electrons. The first-order valence-corrected chi connectivity index (χ1v) is 7.38. The van der Waals surface area contributed by atoms with Gasteiger partial charge in [-0.2, -0.15) is 0 Å². The largest absolute Gasteiger partial charge is 0.298 e. The molecule has 0 bridgehead atoms. The van der Waals surface area contributed by atoms with E-state index in [1.165, 1.54) is 0 Å². The fourth-order valence-corrected chi connectivity index (χ4v) is 2.40. The summed E-state index contributed by atoms with van der Waals surface area (Å²) in [6.07, 6.45) is 1.65. The number of alkyl halides is 2. The molecular formula is C14H14Cl4O. The van der Waals surface area contributed by atoms with Gasteiger partial charge in [0.15, 0.2) is 5.78 Å². The topological polar surface area (TPSA) is 17.1 Å². The molecule has 1 aromatic rings. The van der Waals surface area contributed by atoms with E-state index in [0.29, 0.717) is 10.1 Å². The van der Waals surface area contributed by atoms with E-state index in [0.717, 1.165) is 5.56 Å². The highest BCUT2D eigenvalue weighted by atomic mass is 35.5. The Balaban J connectivity index is 2.95. The summed E-state index contributed by atoms with van der Waals surface area (Å²) in [5.74, 6) is -0.186. The van der Waals surface area contributed by atoms with Gasteiger partial charge in [-0.25, -0.2) is 0 Å². The highest BCUT2D eigenvalue weighted by Gasteiger charge is 2.33. The van der Waals surface area contributed by atoms with Crippen molar-refractivity contribution >= 4 is 57.2 Å². The quantitative estimate of drug-likeness (QED) is 0.660. The standard InChI is InChI=1S/C14H14Cl4O/c1-14(2,13(19)8-15)12(18)7-11(17)9-3-5-10(16)6-4-9/h3-7,12H,8H2,1-2H3/b11-7-. The Morgan fingerprint density at radius 2 is 1.84 bits per heavy atom. The first-order valence-electron chi connectivity index (χ1n) is 5.65. The molecule has 1 nitrogen and oxygen atoms in total. The minimum Gasteiger partial charge on any atom is -0.298 e. The molecule has 0 heterocycles. The Labute approximate surface area is 133 Å². The average molecular weight is 340 g/mol. The summed E-state index contributed by atoms with van der Waals surface area (Å²) in [5, 5.41) is 0.572. The first kappa shape index (κ1) is 16.8. The van der Waals surface area contributed by atoms with Crippen LogP contribution in [0.2, 0.25) is 5.02 Å². The molecule has 0 N–H and O–H groups in total. The second-order valence-electron chi connectivity index (χ2n) is 4.70. The van der Waals surface area contributed by atoms with E-state index in [1.54, 1.807) is 44.2 Å². The molecule has 5 heteroatoms. The maximum atomic E-state index is 11.7. The lowest BCUT2D eigenvalue weighted by Gasteiger charge is -2.25. The molecule has 0 saturated carbocycles. The maximum absolute atomic E-state index is 11.7. The van der Waals surface area contributed by atoms with Crippen molar-refractivity contribution in [3.05, 3.63) is 40.9 Å². The fraction of sp³-hybridized carbons (Fsp3) is 0.357. The molecule has 0 radical (unpaired) electrons. The number of hydrogen-bond acceptors (Lipinski definition) is 1. The van der Waals surface area contributed by atoms with Gasteiger partial charge in [-0.3, -0.25) is 4.79 Å². The highest BCUT2D eigenvalue weighted by molar-refractivity contribution is 6.49. The van der Waals surface area contributed by atoms with Crippen molar-refractivity contribution in [3.63, 3.8) is 0 Å². The Morgan fingerprint density at radius 3 is 2.32 bits per heavy atom. The third kappa shape index (κ3) is 4.39. The summed E-state index contributed by atoms with van der Waals surface area (Å²) in [5.41, 5.74) is 0.0291. The van der Waals surface area contributed by atoms with Crippen LogP contribution in [0.3, 0.4) is 0 Å². The number of ketones is 1. The summed E-state index contributed by atoms with van der Waals surface area (Å²) in [6, 6.07) is 7.07. The second-order valence-corrected chi connectivity index (χ2v) is 6.28. The van der Waals surface area contributed by atoms with Crippen LogP contribution in [0.25, 0.3) is 5.03 Å². The number of hydrogen-bond donors (Lipinski definition) is 0. The third-order valence-electron chi connectivity index (χ3n) is 2.94. The van der Waals surface area contributed by atoms with Crippen LogP contribution in [-0.2, 0) is 4.79 Å². The number of Topliss-reactive ketones (excluding diaryl/α,β-unsaturated/α-hetero) is 1. The predicted octanol–water partition coefficient (Wildman–Crippen LogP) is 5.36. The molecule has 0 amide bonds. The van der Waals surface area contributed by atoms with Crippen molar-refractivity contribution in [1.82, 2.24) is 0 Å². The van der Waals surface area contributed by atoms with E-state index < -0.39 is 10.8 Å². The molecule has 1 atom stereocenters. The van der Waals surface area contributed by atoms with Gasteiger partial charge in [-0.1, -0.05) is 49.2 Å². The van der Waals surface area contributed by atoms with E-state index in [4.69, 9.17) is 46.4 Å². The molecule has 0 saturated heterocycles. The maximum Gasteiger partial charge on any atom is 0.154 e. The molecule has 0 aliphatic heterocycles. The number of halogens is 4. The van der Waals surface area contributed by atoms with E-state index in [1.807, 2.05) is 0 Å². The number of carbonyl (C=O) groups is 1. The van der Waals surface area contributed by atoms with Crippen molar-refractivity contribution in [2.24, 2.45) is 5.41 Å². The van der Waals surface area contributed by atoms with Crippen LogP contribution in [0, 0.1) is 5.41 Å². The normalized spacial score (nSPS) is 14.3. The summed E-state index contributed by atoms with van der Waals surface area (Å²) in [7, 11) is 0. The van der Waals surface area contributed by atoms with Crippen LogP contribution in [-0.4, -0.2) is 17.0 Å². The Kier molecular flexibility index (Phi) is 6.19. The lowest BCUT2D eigenvalue weighted by molar-refractivity contribution is -0.124. The van der Waals surface area contributed by atoms with Gasteiger partial charge in [-0.15, -0.1) is 23.2 Å². The Bertz CT molecular complexity index is 477. The van der Waals surface area contributed by atoms with Crippen molar-refractivity contribution in [2.45, 2.75) is 19.2 Å². The molecule has 0 aromatic heterocycles. The van der Waals surface area contributed by atoms with E-state index in [9.17, 15) is 4.79 Å². The van der Waals surface area contributed by atoms with E-state index in [2.05, 4.69) is 0 Å². The SMILES string of the molecule is CC(C)(C(=O)CCl)C(Cl)/C=C(\Cl)c1ccc(Cl)cc1. The number of benzene rings is 1. The van der Waals surface area contributed by atoms with Gasteiger partial charge in [-0.05, 0) is 23.8 Å². The minimum absolute atomic E-state index is 0.0668. The second kappa shape index (κ2) is 6.99. The van der Waals surface area contributed by atoms with Crippen molar-refractivity contribution in [3.8, 4) is 0 Å². The van der Waals surface area contributed by atoms with Crippen molar-refractivity contribution in [1.29, 1.82) is 0 Å². The zero-order chi connectivity index (χ0) is 14.6. The first-order chi connectivity index (χ1) is 8.78. The Hall–Kier alpha value is -0.210. The molecule has 0 fully saturated rings. The lowest BCUT2D eigenvalue weighted by Crippen LogP contribution is -2.33. The van der Waals surface area contributed by atoms with Gasteiger partial charge < -0.3 is 0 Å². The molecule has 19 heavy (non-hydrogen) atoms. The highest BCUT2D eigenvalue weighted by Crippen LogP contribution is 2.32. The number of rotatable bonds is 5. The molecule has 1 aromatic carbocycles. The molecule has 1 unspecified atom stereocenters. The van der Waals surface area contributed by atoms with Gasteiger partial charge in [0.1, 0.15) is 0 Å². The van der Waals surface area contributed by atoms with Crippen LogP contribution in [0.1, 0.15) is 19.4 Å². The van der Waals surface area contributed by atoms with Crippen LogP contribution in [0.15, 0.2) is 30.3 Å². The summed E-state index contributed by atoms with van der Waals surface area (Å²) in [4.78, 5) is 11.7. The minimum atomic E-state index is -0.768. The van der Waals surface area contributed by atoms with E-state index in [-0.39, 0.29) is 11.7 Å². The zero-order valence-electron chi connectivity index (χ0n) is 10.6. The monoisotopic (exact) mass is 338 g/mol. The predicted molar refractivity (Wildman–Crippen MR) is 84.4 cm³/mol. The van der Waals surface area contributed by atoms with Gasteiger partial charge in [0.25, 0.3) is 0 Å². The third-order valence-corrected chi connectivity index (χ3v) is 4.45. The molecule has 1 rings (SSSR count). The van der Waals surface area contributed by atoms with Gasteiger partial charge in [0.2, 0.25) is 0 Å². The van der Waals surface area contributed by atoms with Crippen molar-refractivity contribution < 1.29 is 4.79 Å². The zero-order valence-corrected chi connectivity index (χ0v) is 13.6. The van der Waals surface area contributed by atoms with Gasteiger partial charge in [0.05, 0.1) is 11.3 Å².